The summed E-state index contributed by atoms with van der Waals surface area (Å²) >= 11 is 0. The SMILES string of the molecule is CN(CC(=O)NC1CC1)C(=O)Cn1nnn(-c2ccccc2)c1=O. The molecule has 2 amide bonds. The summed E-state index contributed by atoms with van der Waals surface area (Å²) in [7, 11) is 1.52. The molecule has 1 fully saturated rings. The first-order chi connectivity index (χ1) is 11.5. The topological polar surface area (TPSA) is 102 Å². The lowest BCUT2D eigenvalue weighted by Gasteiger charge is -2.16. The number of rotatable bonds is 6. The van der Waals surface area contributed by atoms with Gasteiger partial charge in [-0.25, -0.2) is 4.79 Å². The number of nitrogens with zero attached hydrogens (tertiary/aromatic N) is 5. The van der Waals surface area contributed by atoms with Gasteiger partial charge in [-0.15, -0.1) is 0 Å². The third kappa shape index (κ3) is 3.67. The second kappa shape index (κ2) is 6.65. The molecule has 0 bridgehead atoms. The number of para-hydroxylation sites is 1. The number of carbonyl (C=O) groups excluding carboxylic acids is 2. The zero-order valence-corrected chi connectivity index (χ0v) is 13.3. The molecule has 1 aromatic heterocycles. The van der Waals surface area contributed by atoms with Crippen molar-refractivity contribution in [1.29, 1.82) is 0 Å². The quantitative estimate of drug-likeness (QED) is 0.744. The predicted molar refractivity (Wildman–Crippen MR) is 84.4 cm³/mol. The Morgan fingerprint density at radius 2 is 1.96 bits per heavy atom. The van der Waals surface area contributed by atoms with E-state index in [1.54, 1.807) is 24.3 Å². The highest BCUT2D eigenvalue weighted by atomic mass is 16.2. The number of tetrazole rings is 1. The van der Waals surface area contributed by atoms with Crippen LogP contribution in [0, 0.1) is 0 Å². The summed E-state index contributed by atoms with van der Waals surface area (Å²) in [6.07, 6.45) is 1.97. The second-order valence-electron chi connectivity index (χ2n) is 5.76. The van der Waals surface area contributed by atoms with Crippen molar-refractivity contribution in [2.24, 2.45) is 0 Å². The van der Waals surface area contributed by atoms with Gasteiger partial charge in [0.15, 0.2) is 0 Å². The molecule has 3 rings (SSSR count). The monoisotopic (exact) mass is 330 g/mol. The third-order valence-electron chi connectivity index (χ3n) is 3.67. The van der Waals surface area contributed by atoms with Gasteiger partial charge in [0.25, 0.3) is 0 Å². The number of amides is 2. The molecule has 0 atom stereocenters. The van der Waals surface area contributed by atoms with Crippen LogP contribution < -0.4 is 11.0 Å². The molecule has 1 heterocycles. The largest absolute Gasteiger partial charge is 0.368 e. The van der Waals surface area contributed by atoms with E-state index >= 15 is 0 Å². The van der Waals surface area contributed by atoms with E-state index in [-0.39, 0.29) is 30.9 Å². The molecule has 0 aliphatic heterocycles. The van der Waals surface area contributed by atoms with Crippen molar-refractivity contribution in [3.63, 3.8) is 0 Å². The molecule has 9 heteroatoms. The molecule has 2 aromatic rings. The average molecular weight is 330 g/mol. The molecule has 1 aromatic carbocycles. The Morgan fingerprint density at radius 3 is 2.62 bits per heavy atom. The van der Waals surface area contributed by atoms with Crippen LogP contribution in [0.15, 0.2) is 35.1 Å². The smallest absolute Gasteiger partial charge is 0.352 e. The Labute approximate surface area is 137 Å². The number of carbonyl (C=O) groups is 2. The lowest BCUT2D eigenvalue weighted by molar-refractivity contribution is -0.135. The molecule has 1 N–H and O–H groups in total. The fourth-order valence-corrected chi connectivity index (χ4v) is 2.16. The van der Waals surface area contributed by atoms with Crippen LogP contribution in [-0.4, -0.2) is 56.1 Å². The average Bonchev–Trinajstić information content (AvgIpc) is 3.31. The minimum atomic E-state index is -0.509. The highest BCUT2D eigenvalue weighted by molar-refractivity contribution is 5.84. The highest BCUT2D eigenvalue weighted by Crippen LogP contribution is 2.18. The van der Waals surface area contributed by atoms with Crippen LogP contribution in [0.4, 0.5) is 0 Å². The van der Waals surface area contributed by atoms with Gasteiger partial charge in [0.1, 0.15) is 6.54 Å². The molecule has 1 saturated carbocycles. The van der Waals surface area contributed by atoms with Gasteiger partial charge in [-0.2, -0.15) is 9.36 Å². The summed E-state index contributed by atoms with van der Waals surface area (Å²) in [5.41, 5.74) is 0.0590. The van der Waals surface area contributed by atoms with Crippen molar-refractivity contribution in [1.82, 2.24) is 30.0 Å². The Morgan fingerprint density at radius 1 is 1.25 bits per heavy atom. The first-order valence-electron chi connectivity index (χ1n) is 7.66. The highest BCUT2D eigenvalue weighted by Gasteiger charge is 2.24. The number of likely N-dealkylation sites (N-methyl/N-ethyl adjacent to an activating group) is 1. The molecule has 24 heavy (non-hydrogen) atoms. The van der Waals surface area contributed by atoms with E-state index in [4.69, 9.17) is 0 Å². The number of nitrogens with one attached hydrogen (secondary N) is 1. The lowest BCUT2D eigenvalue weighted by Crippen LogP contribution is -2.41. The van der Waals surface area contributed by atoms with Crippen molar-refractivity contribution >= 4 is 11.8 Å². The fourth-order valence-electron chi connectivity index (χ4n) is 2.16. The molecule has 1 aliphatic carbocycles. The molecule has 1 aliphatic rings. The molecule has 0 radical (unpaired) electrons. The van der Waals surface area contributed by atoms with Gasteiger partial charge in [0.05, 0.1) is 12.2 Å². The van der Waals surface area contributed by atoms with Crippen LogP contribution in [-0.2, 0) is 16.1 Å². The maximum Gasteiger partial charge on any atom is 0.368 e. The molecule has 126 valence electrons. The van der Waals surface area contributed by atoms with Crippen LogP contribution in [0.1, 0.15) is 12.8 Å². The summed E-state index contributed by atoms with van der Waals surface area (Å²) in [6, 6.07) is 9.06. The molecule has 0 saturated heterocycles. The number of aromatic nitrogens is 4. The molecular formula is C15H18N6O3. The van der Waals surface area contributed by atoms with Crippen LogP contribution in [0.2, 0.25) is 0 Å². The number of hydrogen-bond donors (Lipinski definition) is 1. The predicted octanol–water partition coefficient (Wildman–Crippen LogP) is -0.834. The normalized spacial score (nSPS) is 13.5. The summed E-state index contributed by atoms with van der Waals surface area (Å²) in [5, 5.41) is 10.3. The first-order valence-corrected chi connectivity index (χ1v) is 7.66. The van der Waals surface area contributed by atoms with E-state index in [1.165, 1.54) is 11.9 Å². The van der Waals surface area contributed by atoms with Gasteiger partial charge in [-0.05, 0) is 35.4 Å². The van der Waals surface area contributed by atoms with Crippen molar-refractivity contribution in [2.45, 2.75) is 25.4 Å². The summed E-state index contributed by atoms with van der Waals surface area (Å²) < 4.78 is 2.09. The van der Waals surface area contributed by atoms with E-state index in [2.05, 4.69) is 15.7 Å². The van der Waals surface area contributed by atoms with Crippen LogP contribution in [0.5, 0.6) is 0 Å². The van der Waals surface area contributed by atoms with E-state index in [0.29, 0.717) is 5.69 Å². The molecule has 0 spiro atoms. The fraction of sp³-hybridized carbons (Fsp3) is 0.400. The van der Waals surface area contributed by atoms with Crippen LogP contribution in [0.3, 0.4) is 0 Å². The van der Waals surface area contributed by atoms with Gasteiger partial charge in [-0.1, -0.05) is 18.2 Å². The maximum atomic E-state index is 12.3. The number of benzene rings is 1. The van der Waals surface area contributed by atoms with Crippen molar-refractivity contribution < 1.29 is 9.59 Å². The number of hydrogen-bond acceptors (Lipinski definition) is 5. The van der Waals surface area contributed by atoms with Crippen LogP contribution in [0.25, 0.3) is 5.69 Å². The maximum absolute atomic E-state index is 12.3. The summed E-state index contributed by atoms with van der Waals surface area (Å²) in [4.78, 5) is 37.4. The lowest BCUT2D eigenvalue weighted by atomic mass is 10.3. The van der Waals surface area contributed by atoms with Gasteiger partial charge in [0.2, 0.25) is 11.8 Å². The van der Waals surface area contributed by atoms with E-state index in [0.717, 1.165) is 22.2 Å². The van der Waals surface area contributed by atoms with E-state index < -0.39 is 5.69 Å². The minimum absolute atomic E-state index is 0.0447. The van der Waals surface area contributed by atoms with Crippen molar-refractivity contribution in [3.05, 3.63) is 40.8 Å². The van der Waals surface area contributed by atoms with Gasteiger partial charge >= 0.3 is 5.69 Å². The Kier molecular flexibility index (Phi) is 4.41. The van der Waals surface area contributed by atoms with Gasteiger partial charge in [0, 0.05) is 13.1 Å². The first kappa shape index (κ1) is 15.9. The van der Waals surface area contributed by atoms with E-state index in [9.17, 15) is 14.4 Å². The summed E-state index contributed by atoms with van der Waals surface area (Å²) in [6.45, 7) is -0.310. The Balaban J connectivity index is 1.63. The Hall–Kier alpha value is -2.97. The molecule has 9 nitrogen and oxygen atoms in total. The van der Waals surface area contributed by atoms with Crippen molar-refractivity contribution in [3.8, 4) is 5.69 Å². The van der Waals surface area contributed by atoms with Crippen LogP contribution >= 0.6 is 0 Å². The molecular weight excluding hydrogens is 312 g/mol. The summed E-state index contributed by atoms with van der Waals surface area (Å²) in [5.74, 6) is -0.586. The Bertz CT molecular complexity index is 793. The second-order valence-corrected chi connectivity index (χ2v) is 5.76. The van der Waals surface area contributed by atoms with Gasteiger partial charge in [-0.3, -0.25) is 9.59 Å². The molecule has 0 unspecified atom stereocenters. The minimum Gasteiger partial charge on any atom is -0.352 e. The van der Waals surface area contributed by atoms with E-state index in [1.807, 2.05) is 6.07 Å². The standard InChI is InChI=1S/C15H18N6O3/c1-19(9-13(22)16-11-7-8-11)14(23)10-20-15(24)21(18-17-20)12-5-3-2-4-6-12/h2-6,11H,7-10H2,1H3,(H,16,22). The van der Waals surface area contributed by atoms with Crippen molar-refractivity contribution in [2.75, 3.05) is 13.6 Å². The third-order valence-corrected chi connectivity index (χ3v) is 3.67. The zero-order valence-electron chi connectivity index (χ0n) is 13.3. The van der Waals surface area contributed by atoms with Gasteiger partial charge < -0.3 is 10.2 Å². The zero-order chi connectivity index (χ0) is 17.1.